The summed E-state index contributed by atoms with van der Waals surface area (Å²) in [5, 5.41) is 8.97. The van der Waals surface area contributed by atoms with Crippen LogP contribution >= 0.6 is 27.3 Å². The zero-order valence-corrected chi connectivity index (χ0v) is 14.3. The summed E-state index contributed by atoms with van der Waals surface area (Å²) in [5.74, 6) is -1.38. The molecule has 2 rings (SSSR count). The van der Waals surface area contributed by atoms with E-state index in [4.69, 9.17) is 5.11 Å². The summed E-state index contributed by atoms with van der Waals surface area (Å²) in [6, 6.07) is 3.60. The Kier molecular flexibility index (Phi) is 4.35. The summed E-state index contributed by atoms with van der Waals surface area (Å²) in [7, 11) is -4.01. The zero-order chi connectivity index (χ0) is 15.8. The molecule has 2 aromatic rings. The van der Waals surface area contributed by atoms with Crippen LogP contribution in [0.15, 0.2) is 26.3 Å². The van der Waals surface area contributed by atoms with Crippen molar-refractivity contribution in [3.63, 3.8) is 0 Å². The summed E-state index contributed by atoms with van der Waals surface area (Å²) in [4.78, 5) is 14.6. The topological polar surface area (TPSA) is 96.4 Å². The van der Waals surface area contributed by atoms with Gasteiger partial charge in [0.05, 0.1) is 11.2 Å². The number of carbonyl (C=O) groups is 1. The zero-order valence-electron chi connectivity index (χ0n) is 11.0. The molecule has 0 bridgehead atoms. The van der Waals surface area contributed by atoms with E-state index in [1.807, 2.05) is 13.0 Å². The second-order valence-corrected chi connectivity index (χ2v) is 7.92. The molecule has 1 aromatic heterocycles. The molecule has 0 saturated heterocycles. The third-order valence-corrected chi connectivity index (χ3v) is 5.99. The maximum atomic E-state index is 12.4. The minimum absolute atomic E-state index is 0.318. The summed E-state index contributed by atoms with van der Waals surface area (Å²) >= 11 is 4.07. The van der Waals surface area contributed by atoms with Crippen LogP contribution in [0.25, 0.3) is 0 Å². The first kappa shape index (κ1) is 15.9. The first-order chi connectivity index (χ1) is 9.72. The molecule has 0 unspecified atom stereocenters. The molecule has 0 atom stereocenters. The van der Waals surface area contributed by atoms with E-state index in [1.165, 1.54) is 5.51 Å². The Hall–Kier alpha value is -1.45. The molecule has 1 heterocycles. The first-order valence-corrected chi connectivity index (χ1v) is 8.84. The van der Waals surface area contributed by atoms with E-state index < -0.39 is 21.7 Å². The Labute approximate surface area is 134 Å². The average molecular weight is 391 g/mol. The van der Waals surface area contributed by atoms with Gasteiger partial charge in [-0.05, 0) is 47.0 Å². The van der Waals surface area contributed by atoms with Crippen LogP contribution in [0.2, 0.25) is 0 Å². The van der Waals surface area contributed by atoms with Crippen molar-refractivity contribution in [3.05, 3.63) is 38.9 Å². The van der Waals surface area contributed by atoms with Crippen LogP contribution in [0.5, 0.6) is 0 Å². The molecule has 112 valence electrons. The fraction of sp³-hybridized carbons (Fsp3) is 0.167. The Morgan fingerprint density at radius 1 is 1.38 bits per heavy atom. The molecule has 0 fully saturated rings. The number of aryl methyl sites for hydroxylation is 2. The molecule has 2 N–H and O–H groups in total. The van der Waals surface area contributed by atoms with Crippen molar-refractivity contribution in [2.75, 3.05) is 4.72 Å². The third kappa shape index (κ3) is 3.25. The summed E-state index contributed by atoms with van der Waals surface area (Å²) in [6.45, 7) is 3.65. The van der Waals surface area contributed by atoms with Crippen molar-refractivity contribution in [1.29, 1.82) is 0 Å². The first-order valence-electron chi connectivity index (χ1n) is 5.68. The van der Waals surface area contributed by atoms with Crippen LogP contribution in [-0.4, -0.2) is 24.5 Å². The number of aromatic nitrogens is 1. The summed E-state index contributed by atoms with van der Waals surface area (Å²) < 4.78 is 27.4. The van der Waals surface area contributed by atoms with E-state index in [-0.39, 0.29) is 4.21 Å². The van der Waals surface area contributed by atoms with Crippen molar-refractivity contribution < 1.29 is 18.3 Å². The van der Waals surface area contributed by atoms with Crippen LogP contribution in [0.4, 0.5) is 5.69 Å². The normalized spacial score (nSPS) is 11.4. The number of benzene rings is 1. The van der Waals surface area contributed by atoms with Crippen molar-refractivity contribution in [3.8, 4) is 0 Å². The number of thiazole rings is 1. The van der Waals surface area contributed by atoms with Crippen molar-refractivity contribution >= 4 is 48.9 Å². The van der Waals surface area contributed by atoms with E-state index in [0.717, 1.165) is 22.5 Å². The molecular weight excluding hydrogens is 380 g/mol. The highest BCUT2D eigenvalue weighted by atomic mass is 79.9. The van der Waals surface area contributed by atoms with Crippen LogP contribution < -0.4 is 4.72 Å². The molecule has 0 aliphatic carbocycles. The van der Waals surface area contributed by atoms with Crippen molar-refractivity contribution in [2.45, 2.75) is 18.1 Å². The van der Waals surface area contributed by atoms with Gasteiger partial charge >= 0.3 is 5.97 Å². The average Bonchev–Trinajstić information content (AvgIpc) is 2.83. The largest absolute Gasteiger partial charge is 0.476 e. The molecular formula is C12H11BrN2O4S2. The molecule has 0 aliphatic rings. The van der Waals surface area contributed by atoms with Crippen LogP contribution in [0.3, 0.4) is 0 Å². The van der Waals surface area contributed by atoms with Gasteiger partial charge in [-0.25, -0.2) is 18.2 Å². The van der Waals surface area contributed by atoms with E-state index in [1.54, 1.807) is 13.0 Å². The molecule has 9 heteroatoms. The summed E-state index contributed by atoms with van der Waals surface area (Å²) in [5.41, 5.74) is 2.80. The lowest BCUT2D eigenvalue weighted by Crippen LogP contribution is -2.16. The van der Waals surface area contributed by atoms with Gasteiger partial charge in [0, 0.05) is 4.47 Å². The standard InChI is InChI=1S/C12H11BrN2O4S2/c1-6-3-7(2)9(8(13)4-6)15-21(18,19)12-10(11(16)17)14-5-20-12/h3-5,15H,1-2H3,(H,16,17). The van der Waals surface area contributed by atoms with Gasteiger partial charge in [0.1, 0.15) is 0 Å². The van der Waals surface area contributed by atoms with Crippen LogP contribution in [0.1, 0.15) is 21.6 Å². The number of carboxylic acid groups (broad SMARTS) is 1. The number of nitrogens with zero attached hydrogens (tertiary/aromatic N) is 1. The smallest absolute Gasteiger partial charge is 0.356 e. The molecule has 0 aliphatic heterocycles. The van der Waals surface area contributed by atoms with Crippen LogP contribution in [0, 0.1) is 13.8 Å². The number of nitrogens with one attached hydrogen (secondary N) is 1. The fourth-order valence-electron chi connectivity index (χ4n) is 1.79. The number of sulfonamides is 1. The molecule has 1 aromatic carbocycles. The quantitative estimate of drug-likeness (QED) is 0.835. The fourth-order valence-corrected chi connectivity index (χ4v) is 4.99. The highest BCUT2D eigenvalue weighted by Gasteiger charge is 2.26. The Morgan fingerprint density at radius 2 is 2.05 bits per heavy atom. The molecule has 21 heavy (non-hydrogen) atoms. The minimum atomic E-state index is -4.01. The lowest BCUT2D eigenvalue weighted by atomic mass is 10.1. The monoisotopic (exact) mass is 390 g/mol. The van der Waals surface area contributed by atoms with Gasteiger partial charge in [0.15, 0.2) is 9.90 Å². The Balaban J connectivity index is 2.48. The van der Waals surface area contributed by atoms with Gasteiger partial charge in [0.2, 0.25) is 0 Å². The lowest BCUT2D eigenvalue weighted by Gasteiger charge is -2.12. The number of halogens is 1. The molecule has 0 radical (unpaired) electrons. The van der Waals surface area contributed by atoms with Gasteiger partial charge in [0.25, 0.3) is 10.0 Å². The number of anilines is 1. The lowest BCUT2D eigenvalue weighted by molar-refractivity contribution is 0.0687. The van der Waals surface area contributed by atoms with Gasteiger partial charge in [-0.3, -0.25) is 4.72 Å². The van der Waals surface area contributed by atoms with Crippen molar-refractivity contribution in [2.24, 2.45) is 0 Å². The van der Waals surface area contributed by atoms with Crippen molar-refractivity contribution in [1.82, 2.24) is 4.98 Å². The molecule has 0 amide bonds. The number of hydrogen-bond donors (Lipinski definition) is 2. The maximum absolute atomic E-state index is 12.4. The van der Waals surface area contributed by atoms with Gasteiger partial charge in [-0.1, -0.05) is 6.07 Å². The second kappa shape index (κ2) is 5.74. The van der Waals surface area contributed by atoms with Crippen LogP contribution in [-0.2, 0) is 10.0 Å². The Morgan fingerprint density at radius 3 is 2.62 bits per heavy atom. The highest BCUT2D eigenvalue weighted by molar-refractivity contribution is 9.10. The second-order valence-electron chi connectivity index (χ2n) is 4.34. The molecule has 0 spiro atoms. The highest BCUT2D eigenvalue weighted by Crippen LogP contribution is 2.31. The number of carboxylic acids is 1. The SMILES string of the molecule is Cc1cc(C)c(NS(=O)(=O)c2scnc2C(=O)O)c(Br)c1. The summed E-state index contributed by atoms with van der Waals surface area (Å²) in [6.07, 6.45) is 0. The predicted octanol–water partition coefficient (Wildman–Crippen LogP) is 3.02. The Bertz CT molecular complexity index is 791. The molecule has 0 saturated carbocycles. The van der Waals surface area contributed by atoms with E-state index >= 15 is 0 Å². The minimum Gasteiger partial charge on any atom is -0.476 e. The molecule has 6 nitrogen and oxygen atoms in total. The number of rotatable bonds is 4. The van der Waals surface area contributed by atoms with Gasteiger partial charge in [-0.15, -0.1) is 11.3 Å². The third-order valence-electron chi connectivity index (χ3n) is 2.65. The maximum Gasteiger partial charge on any atom is 0.356 e. The van der Waals surface area contributed by atoms with Gasteiger partial charge in [-0.2, -0.15) is 0 Å². The number of aromatic carboxylic acids is 1. The van der Waals surface area contributed by atoms with E-state index in [2.05, 4.69) is 25.6 Å². The van der Waals surface area contributed by atoms with E-state index in [0.29, 0.717) is 10.2 Å². The number of hydrogen-bond acceptors (Lipinski definition) is 5. The predicted molar refractivity (Wildman–Crippen MR) is 83.5 cm³/mol. The van der Waals surface area contributed by atoms with E-state index in [9.17, 15) is 13.2 Å². The van der Waals surface area contributed by atoms with Gasteiger partial charge < -0.3 is 5.11 Å².